The van der Waals surface area contributed by atoms with Crippen molar-refractivity contribution in [3.63, 3.8) is 0 Å². The zero-order valence-corrected chi connectivity index (χ0v) is 19.5. The van der Waals surface area contributed by atoms with Gasteiger partial charge in [0.15, 0.2) is 17.3 Å². The quantitative estimate of drug-likeness (QED) is 0.0268. The number of anilines is 1. The maximum absolute atomic E-state index is 12.8. The number of hydrogen-bond donors (Lipinski definition) is 6. The first-order valence-electron chi connectivity index (χ1n) is 9.59. The maximum atomic E-state index is 12.8. The van der Waals surface area contributed by atoms with Crippen LogP contribution in [0, 0.1) is 11.5 Å². The average Bonchev–Trinajstić information content (AvgIpc) is 2.81. The molecule has 0 aliphatic carbocycles. The molecule has 0 saturated heterocycles. The Morgan fingerprint density at radius 1 is 1.33 bits per heavy atom. The summed E-state index contributed by atoms with van der Waals surface area (Å²) in [5.74, 6) is -6.03. The number of aliphatic imine (C=N–C) groups is 2. The summed E-state index contributed by atoms with van der Waals surface area (Å²) in [5.41, 5.74) is 5.41. The molecule has 0 amide bonds. The number of rotatable bonds is 11. The number of aliphatic carboxylic acids is 2. The van der Waals surface area contributed by atoms with Gasteiger partial charge in [0.2, 0.25) is 5.96 Å². The van der Waals surface area contributed by atoms with Gasteiger partial charge in [-0.1, -0.05) is 11.8 Å². The maximum Gasteiger partial charge on any atom is 0.328 e. The lowest BCUT2D eigenvalue weighted by atomic mass is 10.3. The van der Waals surface area contributed by atoms with Crippen molar-refractivity contribution >= 4 is 41.4 Å². The topological polar surface area (TPSA) is 211 Å². The zero-order chi connectivity index (χ0) is 27.6. The highest BCUT2D eigenvalue weighted by Crippen LogP contribution is 2.22. The van der Waals surface area contributed by atoms with E-state index >= 15 is 0 Å². The second kappa shape index (κ2) is 17.3. The number of guanidine groups is 2. The highest BCUT2D eigenvalue weighted by atomic mass is 32.2. The predicted molar refractivity (Wildman–Crippen MR) is 123 cm³/mol. The number of nitrogens with one attached hydrogen (secondary N) is 3. The standard InChI is InChI=1S/C14H19F4N9S.C4H4O4/c1-21-12(25-8-19)22-4-2-6-28-13-23-5-3-9(27-13)26-11(20)24-7-14(17,18)10(15)16;5-3(6)1-2-4(7)8/h3,5,10H,2,4,6-7H2,1H3,(H2,21,22,25)(H3,20,23,24,26,27);1-2H,(H,5,6)(H,7,8). The lowest BCUT2D eigenvalue weighted by molar-refractivity contribution is -0.134. The first-order valence-corrected chi connectivity index (χ1v) is 10.6. The van der Waals surface area contributed by atoms with E-state index in [9.17, 15) is 27.2 Å². The number of halogens is 4. The zero-order valence-electron chi connectivity index (χ0n) is 18.7. The van der Waals surface area contributed by atoms with Crippen molar-refractivity contribution in [1.82, 2.24) is 20.6 Å². The first kappa shape index (κ1) is 31.9. The number of thioether (sulfide) groups is 1. The van der Waals surface area contributed by atoms with Gasteiger partial charge >= 0.3 is 24.3 Å². The van der Waals surface area contributed by atoms with Crippen molar-refractivity contribution < 1.29 is 37.4 Å². The van der Waals surface area contributed by atoms with Crippen LogP contribution in [0.2, 0.25) is 0 Å². The summed E-state index contributed by atoms with van der Waals surface area (Å²) in [6.45, 7) is -0.878. The summed E-state index contributed by atoms with van der Waals surface area (Å²) in [5, 5.41) is 32.3. The summed E-state index contributed by atoms with van der Waals surface area (Å²) < 4.78 is 49.8. The summed E-state index contributed by atoms with van der Waals surface area (Å²) >= 11 is 1.33. The van der Waals surface area contributed by atoms with Crippen molar-refractivity contribution in [2.75, 3.05) is 31.2 Å². The van der Waals surface area contributed by atoms with Crippen LogP contribution in [0.5, 0.6) is 0 Å². The molecule has 13 nitrogen and oxygen atoms in total. The van der Waals surface area contributed by atoms with E-state index in [1.54, 1.807) is 6.19 Å². The fourth-order valence-corrected chi connectivity index (χ4v) is 2.50. The molecule has 0 atom stereocenters. The van der Waals surface area contributed by atoms with Crippen LogP contribution in [0.3, 0.4) is 0 Å². The molecule has 0 aliphatic heterocycles. The minimum Gasteiger partial charge on any atom is -0.478 e. The fourth-order valence-electron chi connectivity index (χ4n) is 1.73. The van der Waals surface area contributed by atoms with Gasteiger partial charge in [0, 0.05) is 37.7 Å². The van der Waals surface area contributed by atoms with Crippen LogP contribution in [-0.2, 0) is 9.59 Å². The number of hydrogen-bond acceptors (Lipinski definition) is 8. The van der Waals surface area contributed by atoms with Gasteiger partial charge in [-0.05, 0) is 12.5 Å². The van der Waals surface area contributed by atoms with Crippen LogP contribution >= 0.6 is 11.8 Å². The smallest absolute Gasteiger partial charge is 0.328 e. The molecule has 0 unspecified atom stereocenters. The van der Waals surface area contributed by atoms with Gasteiger partial charge < -0.3 is 26.6 Å². The largest absolute Gasteiger partial charge is 0.478 e. The number of nitrogens with zero attached hydrogens (tertiary/aromatic N) is 5. The molecule has 0 aliphatic rings. The average molecular weight is 538 g/mol. The third-order valence-electron chi connectivity index (χ3n) is 3.28. The molecule has 0 fully saturated rings. The third-order valence-corrected chi connectivity index (χ3v) is 4.23. The molecular weight excluding hydrogens is 514 g/mol. The summed E-state index contributed by atoms with van der Waals surface area (Å²) in [6.07, 6.45) is 1.19. The van der Waals surface area contributed by atoms with Crippen LogP contribution in [0.15, 0.2) is 39.6 Å². The molecule has 18 heteroatoms. The van der Waals surface area contributed by atoms with Crippen molar-refractivity contribution in [2.45, 2.75) is 23.9 Å². The Labute approximate surface area is 206 Å². The van der Waals surface area contributed by atoms with Gasteiger partial charge in [0.1, 0.15) is 12.4 Å². The number of alkyl halides is 4. The van der Waals surface area contributed by atoms with Gasteiger partial charge in [0.25, 0.3) is 0 Å². The highest BCUT2D eigenvalue weighted by Gasteiger charge is 2.40. The molecule has 1 heterocycles. The molecule has 0 aromatic carbocycles. The van der Waals surface area contributed by atoms with Crippen molar-refractivity contribution in [3.8, 4) is 6.19 Å². The van der Waals surface area contributed by atoms with E-state index in [1.165, 1.54) is 31.1 Å². The molecule has 1 aromatic rings. The van der Waals surface area contributed by atoms with E-state index in [0.29, 0.717) is 42.0 Å². The number of carbonyl (C=O) groups is 2. The van der Waals surface area contributed by atoms with Crippen LogP contribution in [0.25, 0.3) is 0 Å². The molecule has 0 saturated carbocycles. The number of aromatic nitrogens is 2. The summed E-state index contributed by atoms with van der Waals surface area (Å²) in [6, 6.07) is 1.43. The molecule has 198 valence electrons. The number of carboxylic acid groups (broad SMARTS) is 2. The van der Waals surface area contributed by atoms with Crippen molar-refractivity contribution in [3.05, 3.63) is 24.4 Å². The molecule has 0 spiro atoms. The Hall–Kier alpha value is -4.14. The van der Waals surface area contributed by atoms with Gasteiger partial charge in [-0.15, -0.1) is 0 Å². The van der Waals surface area contributed by atoms with Crippen LogP contribution in [-0.4, -0.2) is 82.3 Å². The summed E-state index contributed by atoms with van der Waals surface area (Å²) in [4.78, 5) is 34.3. The van der Waals surface area contributed by atoms with Gasteiger partial charge in [-0.2, -0.15) is 14.0 Å². The SMILES string of the molecule is CN=C(NC#N)NCCCSc1nccc(NC(N)=NCC(F)(F)C(F)F)n1.O=C(O)C=CC(=O)O. The van der Waals surface area contributed by atoms with Gasteiger partial charge in [0.05, 0.1) is 0 Å². The normalized spacial score (nSPS) is 11.9. The molecule has 0 radical (unpaired) electrons. The predicted octanol–water partition coefficient (Wildman–Crippen LogP) is 0.944. The highest BCUT2D eigenvalue weighted by molar-refractivity contribution is 7.99. The molecule has 36 heavy (non-hydrogen) atoms. The van der Waals surface area contributed by atoms with Gasteiger partial charge in [-0.25, -0.2) is 33.3 Å². The fraction of sp³-hybridized carbons (Fsp3) is 0.389. The van der Waals surface area contributed by atoms with E-state index in [-0.39, 0.29) is 5.82 Å². The van der Waals surface area contributed by atoms with E-state index in [2.05, 4.69) is 35.9 Å². The monoisotopic (exact) mass is 537 g/mol. The lowest BCUT2D eigenvalue weighted by Gasteiger charge is -2.12. The minimum atomic E-state index is -4.25. The number of nitrogens with two attached hydrogens (primary N) is 1. The van der Waals surface area contributed by atoms with Crippen molar-refractivity contribution in [1.29, 1.82) is 5.26 Å². The van der Waals surface area contributed by atoms with E-state index < -0.39 is 36.8 Å². The molecule has 7 N–H and O–H groups in total. The first-order chi connectivity index (χ1) is 16.9. The van der Waals surface area contributed by atoms with Crippen LogP contribution < -0.4 is 21.7 Å². The number of carboxylic acids is 2. The van der Waals surface area contributed by atoms with Crippen LogP contribution in [0.1, 0.15) is 6.42 Å². The molecule has 0 bridgehead atoms. The second-order valence-electron chi connectivity index (χ2n) is 6.06. The molecular formula is C18H23F4N9O4S. The Morgan fingerprint density at radius 3 is 2.50 bits per heavy atom. The second-order valence-corrected chi connectivity index (χ2v) is 7.12. The van der Waals surface area contributed by atoms with Crippen molar-refractivity contribution in [2.24, 2.45) is 15.7 Å². The van der Waals surface area contributed by atoms with E-state index in [4.69, 9.17) is 21.2 Å². The summed E-state index contributed by atoms with van der Waals surface area (Å²) in [7, 11) is 1.54. The number of nitriles is 1. The molecule has 1 aromatic heterocycles. The Bertz CT molecular complexity index is 972. The minimum absolute atomic E-state index is 0.191. The molecule has 1 rings (SSSR count). The van der Waals surface area contributed by atoms with Crippen LogP contribution in [0.4, 0.5) is 23.4 Å². The Balaban J connectivity index is 0.00000131. The van der Waals surface area contributed by atoms with Gasteiger partial charge in [-0.3, -0.25) is 10.3 Å². The Morgan fingerprint density at radius 2 is 1.97 bits per heavy atom. The third kappa shape index (κ3) is 15.7. The van der Waals surface area contributed by atoms with E-state index in [0.717, 1.165) is 0 Å². The van der Waals surface area contributed by atoms with E-state index in [1.807, 2.05) is 0 Å². The lowest BCUT2D eigenvalue weighted by Crippen LogP contribution is -2.35. The Kier molecular flexibility index (Phi) is 15.3.